The number of nitrogens with two attached hydrogens (primary N) is 1. The lowest BCUT2D eigenvalue weighted by Gasteiger charge is -2.37. The van der Waals surface area contributed by atoms with Gasteiger partial charge in [0.15, 0.2) is 0 Å². The van der Waals surface area contributed by atoms with Gasteiger partial charge in [0.25, 0.3) is 0 Å². The summed E-state index contributed by atoms with van der Waals surface area (Å²) >= 11 is 0. The van der Waals surface area contributed by atoms with Crippen LogP contribution in [0, 0.1) is 0 Å². The summed E-state index contributed by atoms with van der Waals surface area (Å²) in [5, 5.41) is 3.19. The van der Waals surface area contributed by atoms with Gasteiger partial charge in [0.05, 0.1) is 12.3 Å². The van der Waals surface area contributed by atoms with Crippen molar-refractivity contribution in [1.29, 1.82) is 0 Å². The van der Waals surface area contributed by atoms with Gasteiger partial charge >= 0.3 is 0 Å². The molecule has 3 heterocycles. The van der Waals surface area contributed by atoms with E-state index in [0.29, 0.717) is 11.9 Å². The third-order valence-corrected chi connectivity index (χ3v) is 5.80. The van der Waals surface area contributed by atoms with Crippen molar-refractivity contribution in [1.82, 2.24) is 9.96 Å². The molecule has 2 aromatic carbocycles. The van der Waals surface area contributed by atoms with Crippen LogP contribution in [-0.2, 0) is 11.4 Å². The number of rotatable bonds is 4. The van der Waals surface area contributed by atoms with E-state index in [2.05, 4.69) is 46.4 Å². The Hall–Kier alpha value is -2.76. The first-order valence-corrected chi connectivity index (χ1v) is 9.94. The van der Waals surface area contributed by atoms with Crippen LogP contribution in [0.15, 0.2) is 77.2 Å². The molecule has 1 fully saturated rings. The fourth-order valence-corrected chi connectivity index (χ4v) is 4.37. The zero-order valence-corrected chi connectivity index (χ0v) is 15.8. The van der Waals surface area contributed by atoms with Crippen molar-refractivity contribution in [3.8, 4) is 0 Å². The first-order valence-electron chi connectivity index (χ1n) is 9.94. The van der Waals surface area contributed by atoms with Crippen molar-refractivity contribution in [2.45, 2.75) is 31.5 Å². The lowest BCUT2D eigenvalue weighted by molar-refractivity contribution is -0.162. The van der Waals surface area contributed by atoms with Gasteiger partial charge in [0.2, 0.25) is 5.88 Å². The van der Waals surface area contributed by atoms with Crippen molar-refractivity contribution in [2.75, 3.05) is 13.1 Å². The van der Waals surface area contributed by atoms with Crippen molar-refractivity contribution < 1.29 is 9.25 Å². The van der Waals surface area contributed by atoms with Gasteiger partial charge in [-0.2, -0.15) is 0 Å². The Bertz CT molecular complexity index is 974. The number of hydrogen-bond acceptors (Lipinski definition) is 5. The monoisotopic (exact) mass is 375 g/mol. The average molecular weight is 375 g/mol. The molecule has 0 spiro atoms. The van der Waals surface area contributed by atoms with Crippen molar-refractivity contribution in [2.24, 2.45) is 5.73 Å². The predicted molar refractivity (Wildman–Crippen MR) is 109 cm³/mol. The molecule has 2 aliphatic rings. The average Bonchev–Trinajstić information content (AvgIpc) is 3.32. The second-order valence-corrected chi connectivity index (χ2v) is 7.65. The number of piperidine rings is 1. The molecule has 144 valence electrons. The smallest absolute Gasteiger partial charge is 0.207 e. The van der Waals surface area contributed by atoms with E-state index in [1.165, 1.54) is 5.56 Å². The van der Waals surface area contributed by atoms with E-state index >= 15 is 0 Å². The van der Waals surface area contributed by atoms with E-state index in [4.69, 9.17) is 15.0 Å². The maximum absolute atomic E-state index is 6.06. The maximum Gasteiger partial charge on any atom is 0.207 e. The van der Waals surface area contributed by atoms with Crippen LogP contribution in [-0.4, -0.2) is 29.1 Å². The van der Waals surface area contributed by atoms with E-state index in [1.807, 2.05) is 30.5 Å². The highest BCUT2D eigenvalue weighted by atomic mass is 16.7. The molecular formula is C23H25N3O2. The molecule has 5 nitrogen and oxygen atoms in total. The Labute approximate surface area is 164 Å². The highest BCUT2D eigenvalue weighted by molar-refractivity contribution is 5.81. The number of likely N-dealkylation sites (tertiary alicyclic amines) is 1. The van der Waals surface area contributed by atoms with Crippen LogP contribution in [0.5, 0.6) is 0 Å². The van der Waals surface area contributed by atoms with Crippen molar-refractivity contribution in [3.05, 3.63) is 83.9 Å². The molecule has 3 aromatic rings. The molecule has 1 unspecified atom stereocenters. The number of nitrogens with zero attached hydrogens (tertiary/aromatic N) is 2. The molecule has 0 bridgehead atoms. The van der Waals surface area contributed by atoms with Gasteiger partial charge in [0.1, 0.15) is 5.58 Å². The van der Waals surface area contributed by atoms with Gasteiger partial charge in [0, 0.05) is 42.7 Å². The van der Waals surface area contributed by atoms with Crippen LogP contribution in [0.2, 0.25) is 0 Å². The number of hydrogen-bond donors (Lipinski definition) is 1. The van der Waals surface area contributed by atoms with Crippen molar-refractivity contribution in [3.63, 3.8) is 0 Å². The quantitative estimate of drug-likeness (QED) is 0.741. The maximum atomic E-state index is 6.06. The predicted octanol–water partition coefficient (Wildman–Crippen LogP) is 4.19. The van der Waals surface area contributed by atoms with Crippen molar-refractivity contribution >= 4 is 11.0 Å². The fourth-order valence-electron chi connectivity index (χ4n) is 4.37. The minimum absolute atomic E-state index is 0.00526. The lowest BCUT2D eigenvalue weighted by Crippen LogP contribution is -2.44. The molecule has 0 radical (unpaired) electrons. The zero-order valence-electron chi connectivity index (χ0n) is 15.8. The van der Waals surface area contributed by atoms with Gasteiger partial charge in [-0.25, -0.2) is 0 Å². The highest BCUT2D eigenvalue weighted by Gasteiger charge is 2.37. The van der Waals surface area contributed by atoms with Crippen LogP contribution < -0.4 is 5.73 Å². The summed E-state index contributed by atoms with van der Waals surface area (Å²) in [6.07, 6.45) is 5.94. The Morgan fingerprint density at radius 2 is 1.71 bits per heavy atom. The number of furan rings is 1. The summed E-state index contributed by atoms with van der Waals surface area (Å²) in [5.74, 6) is 0.474. The van der Waals surface area contributed by atoms with Crippen LogP contribution in [0.3, 0.4) is 0 Å². The molecule has 28 heavy (non-hydrogen) atoms. The molecule has 0 amide bonds. The summed E-state index contributed by atoms with van der Waals surface area (Å²) in [4.78, 5) is 8.47. The molecule has 1 atom stereocenters. The van der Waals surface area contributed by atoms with Gasteiger partial charge in [-0.3, -0.25) is 4.90 Å². The van der Waals surface area contributed by atoms with E-state index in [9.17, 15) is 0 Å². The second kappa shape index (κ2) is 7.34. The van der Waals surface area contributed by atoms with Crippen LogP contribution in [0.25, 0.3) is 11.0 Å². The van der Waals surface area contributed by atoms with Gasteiger partial charge in [-0.05, 0) is 24.5 Å². The number of para-hydroxylation sites is 1. The molecular weight excluding hydrogens is 350 g/mol. The standard InChI is InChI=1S/C23H25N3O2/c24-23-14-21(20-16-27-22-9-5-4-8-19(20)22)26(28-23)18-10-12-25(13-11-18)15-17-6-2-1-3-7-17/h1-9,14,16,18,21H,10-13,15,24H2. The molecule has 5 rings (SSSR count). The Morgan fingerprint density at radius 1 is 0.964 bits per heavy atom. The van der Waals surface area contributed by atoms with Gasteiger partial charge in [-0.1, -0.05) is 48.5 Å². The summed E-state index contributed by atoms with van der Waals surface area (Å²) < 4.78 is 5.76. The molecule has 0 saturated carbocycles. The van der Waals surface area contributed by atoms with Gasteiger partial charge in [-0.15, -0.1) is 5.06 Å². The SMILES string of the molecule is NC1=CC(c2coc3ccccc23)N(C2CCN(Cc3ccccc3)CC2)O1. The van der Waals surface area contributed by atoms with Crippen LogP contribution >= 0.6 is 0 Å². The minimum Gasteiger partial charge on any atom is -0.464 e. The second-order valence-electron chi connectivity index (χ2n) is 7.65. The number of benzene rings is 2. The van der Waals surface area contributed by atoms with Crippen LogP contribution in [0.1, 0.15) is 30.0 Å². The molecule has 1 aromatic heterocycles. The van der Waals surface area contributed by atoms with Gasteiger partial charge < -0.3 is 15.0 Å². The van der Waals surface area contributed by atoms with Crippen LogP contribution in [0.4, 0.5) is 0 Å². The Balaban J connectivity index is 1.30. The highest BCUT2D eigenvalue weighted by Crippen LogP contribution is 2.38. The molecule has 1 saturated heterocycles. The molecule has 0 aliphatic carbocycles. The zero-order chi connectivity index (χ0) is 18.9. The first-order chi connectivity index (χ1) is 13.8. The largest absolute Gasteiger partial charge is 0.464 e. The van der Waals surface area contributed by atoms with E-state index < -0.39 is 0 Å². The van der Waals surface area contributed by atoms with E-state index in [0.717, 1.165) is 49.0 Å². The Kier molecular flexibility index (Phi) is 4.55. The molecule has 5 heteroatoms. The summed E-state index contributed by atoms with van der Waals surface area (Å²) in [7, 11) is 0. The number of hydroxylamine groups is 2. The third kappa shape index (κ3) is 3.28. The third-order valence-electron chi connectivity index (χ3n) is 5.80. The normalized spacial score (nSPS) is 21.7. The molecule has 2 N–H and O–H groups in total. The fraction of sp³-hybridized carbons (Fsp3) is 0.304. The topological polar surface area (TPSA) is 54.9 Å². The van der Waals surface area contributed by atoms with E-state index in [1.54, 1.807) is 0 Å². The lowest BCUT2D eigenvalue weighted by atomic mass is 9.99. The first kappa shape index (κ1) is 17.3. The minimum atomic E-state index is -0.00526. The summed E-state index contributed by atoms with van der Waals surface area (Å²) in [5.41, 5.74) is 9.44. The van der Waals surface area contributed by atoms with E-state index in [-0.39, 0.29) is 6.04 Å². The molecule has 2 aliphatic heterocycles. The summed E-state index contributed by atoms with van der Waals surface area (Å²) in [6, 6.07) is 19.1. The summed E-state index contributed by atoms with van der Waals surface area (Å²) in [6.45, 7) is 3.11. The number of fused-ring (bicyclic) bond motifs is 1. The Morgan fingerprint density at radius 3 is 2.54 bits per heavy atom.